The minimum Gasteiger partial charge on any atom is -0.446 e. The zero-order chi connectivity index (χ0) is 14.5. The fraction of sp³-hybridized carbons (Fsp3) is 0.909. The van der Waals surface area contributed by atoms with Crippen molar-refractivity contribution in [3.05, 3.63) is 0 Å². The Hall–Kier alpha value is -0.530. The summed E-state index contributed by atoms with van der Waals surface area (Å²) >= 11 is 6.14. The van der Waals surface area contributed by atoms with E-state index in [0.29, 0.717) is 6.42 Å². The van der Waals surface area contributed by atoms with Gasteiger partial charge in [-0.25, -0.2) is 9.52 Å². The maximum atomic E-state index is 11.8. The van der Waals surface area contributed by atoms with Gasteiger partial charge in [0, 0.05) is 6.04 Å². The van der Waals surface area contributed by atoms with Crippen LogP contribution in [-0.2, 0) is 14.9 Å². The van der Waals surface area contributed by atoms with Gasteiger partial charge in [0.25, 0.3) is 0 Å². The molecule has 0 aliphatic heterocycles. The molecule has 1 rings (SSSR count). The van der Waals surface area contributed by atoms with Gasteiger partial charge in [0.15, 0.2) is 0 Å². The lowest BCUT2D eigenvalue weighted by Crippen LogP contribution is -2.48. The van der Waals surface area contributed by atoms with Crippen molar-refractivity contribution >= 4 is 27.9 Å². The molecule has 0 spiro atoms. The summed E-state index contributed by atoms with van der Waals surface area (Å²) in [7, 11) is -3.93. The summed E-state index contributed by atoms with van der Waals surface area (Å²) in [5, 5.41) is -0.250. The fourth-order valence-electron chi connectivity index (χ4n) is 1.97. The van der Waals surface area contributed by atoms with Crippen molar-refractivity contribution in [3.63, 3.8) is 0 Å². The van der Waals surface area contributed by atoms with Crippen LogP contribution >= 0.6 is 11.6 Å². The van der Waals surface area contributed by atoms with Gasteiger partial charge in [-0.2, -0.15) is 13.1 Å². The van der Waals surface area contributed by atoms with Gasteiger partial charge in [0.1, 0.15) is 0 Å². The molecule has 0 radical (unpaired) electrons. The second-order valence-electron chi connectivity index (χ2n) is 4.94. The number of alkyl halides is 1. The molecule has 8 heteroatoms. The summed E-state index contributed by atoms with van der Waals surface area (Å²) in [6, 6.07) is -0.353. The van der Waals surface area contributed by atoms with Gasteiger partial charge in [-0.05, 0) is 26.7 Å². The Morgan fingerprint density at radius 3 is 2.53 bits per heavy atom. The molecule has 2 atom stereocenters. The Morgan fingerprint density at radius 2 is 1.89 bits per heavy atom. The zero-order valence-corrected chi connectivity index (χ0v) is 12.8. The maximum absolute atomic E-state index is 11.8. The third-order valence-electron chi connectivity index (χ3n) is 2.80. The summed E-state index contributed by atoms with van der Waals surface area (Å²) < 4.78 is 32.5. The van der Waals surface area contributed by atoms with Gasteiger partial charge >= 0.3 is 16.3 Å². The molecule has 0 aromatic carbocycles. The Bertz CT molecular complexity index is 399. The van der Waals surface area contributed by atoms with Crippen LogP contribution in [0.5, 0.6) is 0 Å². The van der Waals surface area contributed by atoms with Crippen LogP contribution in [0.25, 0.3) is 0 Å². The van der Waals surface area contributed by atoms with Crippen LogP contribution in [-0.4, -0.2) is 32.0 Å². The van der Waals surface area contributed by atoms with Crippen LogP contribution in [0.4, 0.5) is 4.79 Å². The van der Waals surface area contributed by atoms with Gasteiger partial charge in [-0.3, -0.25) is 0 Å². The van der Waals surface area contributed by atoms with Crippen molar-refractivity contribution in [1.82, 2.24) is 9.44 Å². The molecule has 2 unspecified atom stereocenters. The number of hydrogen-bond acceptors (Lipinski definition) is 4. The smallest absolute Gasteiger partial charge is 0.422 e. The molecule has 2 N–H and O–H groups in total. The number of carbonyl (C=O) groups is 1. The zero-order valence-electron chi connectivity index (χ0n) is 11.2. The number of rotatable bonds is 4. The topological polar surface area (TPSA) is 84.5 Å². The van der Waals surface area contributed by atoms with Gasteiger partial charge < -0.3 is 4.74 Å². The van der Waals surface area contributed by atoms with E-state index in [1.165, 1.54) is 0 Å². The molecule has 0 bridgehead atoms. The van der Waals surface area contributed by atoms with Crippen LogP contribution < -0.4 is 9.44 Å². The van der Waals surface area contributed by atoms with Crippen molar-refractivity contribution in [1.29, 1.82) is 0 Å². The van der Waals surface area contributed by atoms with E-state index in [9.17, 15) is 13.2 Å². The molecule has 1 aliphatic carbocycles. The second-order valence-corrected chi connectivity index (χ2v) is 6.95. The SMILES string of the molecule is CC(C)OC(=O)NS(=O)(=O)NC1CCCCCC1Cl. The lowest BCUT2D eigenvalue weighted by Gasteiger charge is -2.21. The van der Waals surface area contributed by atoms with E-state index in [1.54, 1.807) is 13.8 Å². The Morgan fingerprint density at radius 1 is 1.26 bits per heavy atom. The normalized spacial score (nSPS) is 24.8. The van der Waals surface area contributed by atoms with E-state index < -0.39 is 16.3 Å². The lowest BCUT2D eigenvalue weighted by atomic mass is 10.1. The number of halogens is 1. The molecular formula is C11H21ClN2O4S. The van der Waals surface area contributed by atoms with Crippen LogP contribution in [0.3, 0.4) is 0 Å². The highest BCUT2D eigenvalue weighted by atomic mass is 35.5. The molecule has 0 saturated heterocycles. The first-order chi connectivity index (χ1) is 8.80. The molecule has 1 aliphatic rings. The first-order valence-corrected chi connectivity index (χ1v) is 8.37. The van der Waals surface area contributed by atoms with Crippen LogP contribution in [0.2, 0.25) is 0 Å². The number of nitrogens with one attached hydrogen (secondary N) is 2. The molecule has 1 saturated carbocycles. The van der Waals surface area contributed by atoms with Crippen LogP contribution in [0.15, 0.2) is 0 Å². The monoisotopic (exact) mass is 312 g/mol. The highest BCUT2D eigenvalue weighted by Crippen LogP contribution is 2.22. The molecule has 112 valence electrons. The molecule has 19 heavy (non-hydrogen) atoms. The maximum Gasteiger partial charge on any atom is 0.422 e. The first kappa shape index (κ1) is 16.5. The fourth-order valence-corrected chi connectivity index (χ4v) is 3.40. The molecule has 1 fully saturated rings. The number of ether oxygens (including phenoxy) is 1. The highest BCUT2D eigenvalue weighted by molar-refractivity contribution is 7.88. The van der Waals surface area contributed by atoms with Crippen LogP contribution in [0, 0.1) is 0 Å². The number of carbonyl (C=O) groups excluding carboxylic acids is 1. The predicted molar refractivity (Wildman–Crippen MR) is 73.3 cm³/mol. The van der Waals surface area contributed by atoms with E-state index in [1.807, 2.05) is 4.72 Å². The molecular weight excluding hydrogens is 292 g/mol. The minimum absolute atomic E-state index is 0.250. The summed E-state index contributed by atoms with van der Waals surface area (Å²) in [5.74, 6) is 0. The molecule has 0 aromatic rings. The largest absolute Gasteiger partial charge is 0.446 e. The average molecular weight is 313 g/mol. The standard InChI is InChI=1S/C11H21ClN2O4S/c1-8(2)18-11(15)14-19(16,17)13-10-7-5-3-4-6-9(10)12/h8-10,13H,3-7H2,1-2H3,(H,14,15). The van der Waals surface area contributed by atoms with Crippen molar-refractivity contribution in [2.24, 2.45) is 0 Å². The summed E-state index contributed by atoms with van der Waals surface area (Å²) in [4.78, 5) is 11.3. The summed E-state index contributed by atoms with van der Waals surface area (Å²) in [6.07, 6.45) is 3.04. The van der Waals surface area contributed by atoms with Crippen molar-refractivity contribution in [2.75, 3.05) is 0 Å². The van der Waals surface area contributed by atoms with Crippen molar-refractivity contribution in [3.8, 4) is 0 Å². The van der Waals surface area contributed by atoms with Crippen LogP contribution in [0.1, 0.15) is 46.0 Å². The van der Waals surface area contributed by atoms with E-state index in [0.717, 1.165) is 25.7 Å². The van der Waals surface area contributed by atoms with E-state index in [2.05, 4.69) is 4.72 Å². The highest BCUT2D eigenvalue weighted by Gasteiger charge is 2.27. The van der Waals surface area contributed by atoms with Gasteiger partial charge in [-0.1, -0.05) is 19.3 Å². The Balaban J connectivity index is 2.55. The molecule has 1 amide bonds. The number of hydrogen-bond donors (Lipinski definition) is 2. The predicted octanol–water partition coefficient (Wildman–Crippen LogP) is 1.90. The molecule has 0 heterocycles. The quantitative estimate of drug-likeness (QED) is 0.613. The minimum atomic E-state index is -3.93. The number of amides is 1. The van der Waals surface area contributed by atoms with Crippen molar-refractivity contribution < 1.29 is 17.9 Å². The average Bonchev–Trinajstić information content (AvgIpc) is 2.41. The summed E-state index contributed by atoms with van der Waals surface area (Å²) in [6.45, 7) is 3.28. The third-order valence-corrected chi connectivity index (χ3v) is 4.37. The summed E-state index contributed by atoms with van der Waals surface area (Å²) in [5.41, 5.74) is 0. The Labute approximate surface area is 119 Å². The van der Waals surface area contributed by atoms with E-state index >= 15 is 0 Å². The molecule has 6 nitrogen and oxygen atoms in total. The Kier molecular flexibility index (Phi) is 6.35. The van der Waals surface area contributed by atoms with Gasteiger partial charge in [-0.15, -0.1) is 11.6 Å². The molecule has 0 aromatic heterocycles. The van der Waals surface area contributed by atoms with E-state index in [4.69, 9.17) is 16.3 Å². The van der Waals surface area contributed by atoms with Gasteiger partial charge in [0.2, 0.25) is 0 Å². The third kappa shape index (κ3) is 6.44. The van der Waals surface area contributed by atoms with E-state index in [-0.39, 0.29) is 17.5 Å². The lowest BCUT2D eigenvalue weighted by molar-refractivity contribution is 0.121. The first-order valence-electron chi connectivity index (χ1n) is 6.45. The second kappa shape index (κ2) is 7.31. The van der Waals surface area contributed by atoms with Crippen molar-refractivity contribution in [2.45, 2.75) is 63.5 Å². The van der Waals surface area contributed by atoms with Gasteiger partial charge in [0.05, 0.1) is 11.5 Å².